The highest BCUT2D eigenvalue weighted by Crippen LogP contribution is 2.36. The number of hydrogen-bond donors (Lipinski definition) is 0. The van der Waals surface area contributed by atoms with E-state index in [-0.39, 0.29) is 17.0 Å². The van der Waals surface area contributed by atoms with Gasteiger partial charge >= 0.3 is 0 Å². The number of hydrogen-bond acceptors (Lipinski definition) is 8. The van der Waals surface area contributed by atoms with Crippen LogP contribution in [0.4, 0.5) is 5.13 Å². The molecule has 11 heteroatoms. The Bertz CT molecular complexity index is 798. The first-order chi connectivity index (χ1) is 12.7. The maximum Gasteiger partial charge on any atom is 0.273 e. The van der Waals surface area contributed by atoms with Gasteiger partial charge in [0.2, 0.25) is 0 Å². The van der Waals surface area contributed by atoms with Gasteiger partial charge in [-0.25, -0.2) is 4.98 Å². The van der Waals surface area contributed by atoms with Gasteiger partial charge < -0.3 is 14.2 Å². The molecule has 1 aromatic rings. The van der Waals surface area contributed by atoms with Crippen LogP contribution in [0.25, 0.3) is 0 Å². The quantitative estimate of drug-likeness (QED) is 0.445. The van der Waals surface area contributed by atoms with Crippen LogP contribution >= 0.6 is 11.3 Å². The highest BCUT2D eigenvalue weighted by Gasteiger charge is 2.37. The number of amides is 1. The Morgan fingerprint density at radius 1 is 1.39 bits per heavy atom. The van der Waals surface area contributed by atoms with Gasteiger partial charge in [-0.15, -0.1) is 11.3 Å². The van der Waals surface area contributed by atoms with Gasteiger partial charge in [-0.05, 0) is 18.1 Å². The molecule has 28 heavy (non-hydrogen) atoms. The van der Waals surface area contributed by atoms with Crippen molar-refractivity contribution in [3.63, 3.8) is 0 Å². The van der Waals surface area contributed by atoms with E-state index in [4.69, 9.17) is 8.61 Å². The zero-order valence-corrected chi connectivity index (χ0v) is 20.3. The number of thiazole rings is 1. The molecule has 0 aromatic carbocycles. The van der Waals surface area contributed by atoms with Crippen molar-refractivity contribution in [2.45, 2.75) is 45.0 Å². The summed E-state index contributed by atoms with van der Waals surface area (Å²) in [7, 11) is -3.54. The SMILES string of the molecule is CN(CCO[Si](C)(C)C(C)(C)C)C(=O)c1csc(N2CC(OS(C)(=O)=O)C2)n1. The van der Waals surface area contributed by atoms with Crippen molar-refractivity contribution in [3.8, 4) is 0 Å². The van der Waals surface area contributed by atoms with E-state index in [1.165, 1.54) is 11.3 Å². The fourth-order valence-corrected chi connectivity index (χ4v) is 4.83. The Balaban J connectivity index is 1.84. The summed E-state index contributed by atoms with van der Waals surface area (Å²) < 4.78 is 33.3. The van der Waals surface area contributed by atoms with Crippen LogP contribution in [0.1, 0.15) is 31.3 Å². The minimum Gasteiger partial charge on any atom is -0.415 e. The van der Waals surface area contributed by atoms with Crippen LogP contribution in [0, 0.1) is 0 Å². The number of anilines is 1. The molecule has 0 unspecified atom stereocenters. The van der Waals surface area contributed by atoms with Gasteiger partial charge in [0.05, 0.1) is 12.9 Å². The molecule has 1 fully saturated rings. The van der Waals surface area contributed by atoms with Gasteiger partial charge in [-0.1, -0.05) is 20.8 Å². The van der Waals surface area contributed by atoms with E-state index in [2.05, 4.69) is 38.8 Å². The standard InChI is InChI=1S/C17H31N3O5S2Si/c1-17(2,3)28(6,7)24-9-8-19(4)15(21)14-12-26-16(18-14)20-10-13(11-20)25-27(5,22)23/h12-13H,8-11H2,1-7H3. The molecule has 0 bridgehead atoms. The molecule has 1 saturated heterocycles. The fourth-order valence-electron chi connectivity index (χ4n) is 2.36. The van der Waals surface area contributed by atoms with Crippen LogP contribution in [0.2, 0.25) is 18.1 Å². The zero-order chi connectivity index (χ0) is 21.3. The second-order valence-corrected chi connectivity index (χ2v) is 15.9. The minimum atomic E-state index is -3.45. The third-order valence-corrected chi connectivity index (χ3v) is 11.2. The number of carbonyl (C=O) groups excluding carboxylic acids is 1. The van der Waals surface area contributed by atoms with Crippen LogP contribution in [0.3, 0.4) is 0 Å². The van der Waals surface area contributed by atoms with E-state index < -0.39 is 18.4 Å². The second kappa shape index (κ2) is 8.39. The van der Waals surface area contributed by atoms with Gasteiger partial charge in [0.1, 0.15) is 11.8 Å². The number of likely N-dealkylation sites (N-methyl/N-ethyl adjacent to an activating group) is 1. The topological polar surface area (TPSA) is 89.0 Å². The molecule has 1 aliphatic rings. The molecule has 1 amide bonds. The lowest BCUT2D eigenvalue weighted by molar-refractivity contribution is 0.0765. The summed E-state index contributed by atoms with van der Waals surface area (Å²) in [6.07, 6.45) is 0.689. The lowest BCUT2D eigenvalue weighted by Crippen LogP contribution is -2.53. The van der Waals surface area contributed by atoms with E-state index in [1.807, 2.05) is 4.90 Å². The third kappa shape index (κ3) is 5.99. The van der Waals surface area contributed by atoms with Gasteiger partial charge in [0.15, 0.2) is 13.4 Å². The average Bonchev–Trinajstić information content (AvgIpc) is 2.96. The molecule has 0 spiro atoms. The molecule has 0 radical (unpaired) electrons. The lowest BCUT2D eigenvalue weighted by Gasteiger charge is -2.37. The highest BCUT2D eigenvalue weighted by atomic mass is 32.2. The normalized spacial score (nSPS) is 16.2. The van der Waals surface area contributed by atoms with E-state index in [1.54, 1.807) is 17.3 Å². The van der Waals surface area contributed by atoms with Crippen LogP contribution in [0.15, 0.2) is 5.38 Å². The number of carbonyl (C=O) groups is 1. The van der Waals surface area contributed by atoms with Gasteiger partial charge in [0.25, 0.3) is 16.0 Å². The van der Waals surface area contributed by atoms with Crippen LogP contribution in [0.5, 0.6) is 0 Å². The molecule has 1 aliphatic heterocycles. The average molecular weight is 450 g/mol. The Morgan fingerprint density at radius 3 is 2.54 bits per heavy atom. The van der Waals surface area contributed by atoms with Crippen molar-refractivity contribution in [3.05, 3.63) is 11.1 Å². The lowest BCUT2D eigenvalue weighted by atomic mass is 10.2. The number of rotatable bonds is 8. The molecule has 2 heterocycles. The molecule has 0 saturated carbocycles. The summed E-state index contributed by atoms with van der Waals surface area (Å²) in [5.74, 6) is -0.147. The summed E-state index contributed by atoms with van der Waals surface area (Å²) in [6, 6.07) is 0. The summed E-state index contributed by atoms with van der Waals surface area (Å²) >= 11 is 1.37. The predicted molar refractivity (Wildman–Crippen MR) is 114 cm³/mol. The predicted octanol–water partition coefficient (Wildman–Crippen LogP) is 2.40. The molecule has 0 atom stereocenters. The first-order valence-corrected chi connectivity index (χ1v) is 14.8. The van der Waals surface area contributed by atoms with Crippen LogP contribution in [-0.4, -0.2) is 78.2 Å². The van der Waals surface area contributed by atoms with Crippen molar-refractivity contribution in [2.24, 2.45) is 0 Å². The van der Waals surface area contributed by atoms with E-state index in [9.17, 15) is 13.2 Å². The first kappa shape index (κ1) is 23.3. The van der Waals surface area contributed by atoms with Crippen molar-refractivity contribution >= 4 is 40.8 Å². The number of aromatic nitrogens is 1. The Morgan fingerprint density at radius 2 is 2.00 bits per heavy atom. The molecule has 1 aromatic heterocycles. The van der Waals surface area contributed by atoms with Gasteiger partial charge in [0, 0.05) is 32.1 Å². The zero-order valence-electron chi connectivity index (χ0n) is 17.7. The molecule has 0 aliphatic carbocycles. The Labute approximate surface area is 173 Å². The second-order valence-electron chi connectivity index (χ2n) is 8.68. The Kier molecular flexibility index (Phi) is 6.97. The molecular formula is C17H31N3O5S2Si. The molecular weight excluding hydrogens is 418 g/mol. The fraction of sp³-hybridized carbons (Fsp3) is 0.765. The molecule has 2 rings (SSSR count). The monoisotopic (exact) mass is 449 g/mol. The maximum absolute atomic E-state index is 12.6. The van der Waals surface area contributed by atoms with Crippen LogP contribution in [-0.2, 0) is 18.7 Å². The number of nitrogens with zero attached hydrogens (tertiary/aromatic N) is 3. The van der Waals surface area contributed by atoms with Gasteiger partial charge in [-0.3, -0.25) is 8.98 Å². The van der Waals surface area contributed by atoms with E-state index in [0.29, 0.717) is 37.1 Å². The summed E-state index contributed by atoms with van der Waals surface area (Å²) in [5.41, 5.74) is 0.391. The minimum absolute atomic E-state index is 0.134. The summed E-state index contributed by atoms with van der Waals surface area (Å²) in [4.78, 5) is 20.5. The van der Waals surface area contributed by atoms with Crippen LogP contribution < -0.4 is 4.90 Å². The van der Waals surface area contributed by atoms with E-state index >= 15 is 0 Å². The first-order valence-electron chi connectivity index (χ1n) is 9.18. The maximum atomic E-state index is 12.6. The molecule has 0 N–H and O–H groups in total. The molecule has 8 nitrogen and oxygen atoms in total. The summed E-state index contributed by atoms with van der Waals surface area (Å²) in [5, 5.41) is 2.56. The van der Waals surface area contributed by atoms with Crippen molar-refractivity contribution < 1.29 is 21.8 Å². The largest absolute Gasteiger partial charge is 0.415 e. The smallest absolute Gasteiger partial charge is 0.273 e. The van der Waals surface area contributed by atoms with Gasteiger partial charge in [-0.2, -0.15) is 8.42 Å². The highest BCUT2D eigenvalue weighted by molar-refractivity contribution is 7.86. The summed E-state index contributed by atoms with van der Waals surface area (Å²) in [6.45, 7) is 12.8. The third-order valence-electron chi connectivity index (χ3n) is 5.18. The molecule has 160 valence electrons. The Hall–Kier alpha value is -1.01. The van der Waals surface area contributed by atoms with Crippen molar-refractivity contribution in [1.82, 2.24) is 9.88 Å². The van der Waals surface area contributed by atoms with Crippen molar-refractivity contribution in [1.29, 1.82) is 0 Å². The van der Waals surface area contributed by atoms with Crippen molar-refractivity contribution in [2.75, 3.05) is 44.4 Å². The van der Waals surface area contributed by atoms with E-state index in [0.717, 1.165) is 6.26 Å².